The van der Waals surface area contributed by atoms with Crippen LogP contribution < -0.4 is 4.74 Å². The standard InChI is InChI=1S/C18H16ClN3O2/c19-14-4-5-18-13(9-14)11-22(7-8-23-18)12-15-10-17(21-24-15)16-3-1-2-6-20-16/h1-6,9-10H,7-8,11-12H2. The highest BCUT2D eigenvalue weighted by Crippen LogP contribution is 2.27. The molecule has 3 heterocycles. The fraction of sp³-hybridized carbons (Fsp3) is 0.222. The summed E-state index contributed by atoms with van der Waals surface area (Å²) in [5.41, 5.74) is 2.65. The number of rotatable bonds is 3. The normalized spacial score (nSPS) is 14.7. The zero-order valence-corrected chi connectivity index (χ0v) is 13.7. The Balaban J connectivity index is 1.50. The van der Waals surface area contributed by atoms with Crippen molar-refractivity contribution in [3.05, 3.63) is 65.0 Å². The molecule has 1 aromatic carbocycles. The molecule has 1 aliphatic rings. The predicted molar refractivity (Wildman–Crippen MR) is 90.8 cm³/mol. The topological polar surface area (TPSA) is 51.4 Å². The van der Waals surface area contributed by atoms with Crippen LogP contribution in [0.5, 0.6) is 5.75 Å². The first-order valence-corrected chi connectivity index (χ1v) is 8.16. The lowest BCUT2D eigenvalue weighted by molar-refractivity contribution is 0.199. The number of ether oxygens (including phenoxy) is 1. The summed E-state index contributed by atoms with van der Waals surface area (Å²) >= 11 is 6.10. The second-order valence-electron chi connectivity index (χ2n) is 5.70. The molecular weight excluding hydrogens is 326 g/mol. The van der Waals surface area contributed by atoms with Gasteiger partial charge in [0.2, 0.25) is 0 Å². The quantitative estimate of drug-likeness (QED) is 0.725. The Hall–Kier alpha value is -2.37. The van der Waals surface area contributed by atoms with Crippen LogP contribution in [0.2, 0.25) is 5.02 Å². The average Bonchev–Trinajstić information content (AvgIpc) is 2.97. The largest absolute Gasteiger partial charge is 0.492 e. The molecule has 2 aromatic heterocycles. The third-order valence-corrected chi connectivity index (χ3v) is 4.18. The Morgan fingerprint density at radius 1 is 1.12 bits per heavy atom. The lowest BCUT2D eigenvalue weighted by Crippen LogP contribution is -2.25. The van der Waals surface area contributed by atoms with Gasteiger partial charge < -0.3 is 9.26 Å². The van der Waals surface area contributed by atoms with Gasteiger partial charge in [0.25, 0.3) is 0 Å². The summed E-state index contributed by atoms with van der Waals surface area (Å²) in [5.74, 6) is 1.70. The Morgan fingerprint density at radius 3 is 2.96 bits per heavy atom. The molecule has 24 heavy (non-hydrogen) atoms. The Bertz CT molecular complexity index is 835. The van der Waals surface area contributed by atoms with Crippen molar-refractivity contribution in [2.45, 2.75) is 13.1 Å². The van der Waals surface area contributed by atoms with Crippen LogP contribution in [0.3, 0.4) is 0 Å². The highest BCUT2D eigenvalue weighted by molar-refractivity contribution is 6.30. The molecule has 122 valence electrons. The SMILES string of the molecule is Clc1ccc2c(c1)CN(Cc1cc(-c3ccccn3)no1)CCO2. The fourth-order valence-corrected chi connectivity index (χ4v) is 2.99. The van der Waals surface area contributed by atoms with Gasteiger partial charge in [-0.05, 0) is 30.3 Å². The third kappa shape index (κ3) is 3.27. The molecular formula is C18H16ClN3O2. The van der Waals surface area contributed by atoms with E-state index in [1.807, 2.05) is 42.5 Å². The molecule has 0 fully saturated rings. The van der Waals surface area contributed by atoms with E-state index in [0.29, 0.717) is 13.2 Å². The number of hydrogen-bond acceptors (Lipinski definition) is 5. The van der Waals surface area contributed by atoms with Crippen molar-refractivity contribution in [3.63, 3.8) is 0 Å². The molecule has 0 unspecified atom stereocenters. The zero-order chi connectivity index (χ0) is 16.4. The first kappa shape index (κ1) is 15.2. The molecule has 1 aliphatic heterocycles. The molecule has 0 amide bonds. The number of pyridine rings is 1. The van der Waals surface area contributed by atoms with E-state index >= 15 is 0 Å². The third-order valence-electron chi connectivity index (χ3n) is 3.95. The lowest BCUT2D eigenvalue weighted by atomic mass is 10.2. The lowest BCUT2D eigenvalue weighted by Gasteiger charge is -2.17. The number of hydrogen-bond donors (Lipinski definition) is 0. The monoisotopic (exact) mass is 341 g/mol. The molecule has 0 N–H and O–H groups in total. The van der Waals surface area contributed by atoms with Crippen molar-refractivity contribution in [2.24, 2.45) is 0 Å². The first-order valence-electron chi connectivity index (χ1n) is 7.78. The maximum atomic E-state index is 6.10. The van der Waals surface area contributed by atoms with Crippen LogP contribution >= 0.6 is 11.6 Å². The smallest absolute Gasteiger partial charge is 0.151 e. The van der Waals surface area contributed by atoms with Crippen LogP contribution in [0.25, 0.3) is 11.4 Å². The average molecular weight is 342 g/mol. The summed E-state index contributed by atoms with van der Waals surface area (Å²) in [6.45, 7) is 2.87. The van der Waals surface area contributed by atoms with Crippen molar-refractivity contribution in [1.82, 2.24) is 15.0 Å². The number of benzene rings is 1. The molecule has 0 radical (unpaired) electrons. The van der Waals surface area contributed by atoms with Gasteiger partial charge in [0.1, 0.15) is 18.1 Å². The molecule has 0 saturated carbocycles. The number of halogens is 1. The van der Waals surface area contributed by atoms with Crippen LogP contribution in [0, 0.1) is 0 Å². The van der Waals surface area contributed by atoms with Crippen molar-refractivity contribution in [2.75, 3.05) is 13.2 Å². The molecule has 6 heteroatoms. The van der Waals surface area contributed by atoms with E-state index in [9.17, 15) is 0 Å². The van der Waals surface area contributed by atoms with Crippen LogP contribution in [0.15, 0.2) is 53.2 Å². The summed E-state index contributed by atoms with van der Waals surface area (Å²) in [7, 11) is 0. The summed E-state index contributed by atoms with van der Waals surface area (Å²) in [6.07, 6.45) is 1.75. The minimum atomic E-state index is 0.635. The van der Waals surface area contributed by atoms with Gasteiger partial charge in [0, 0.05) is 35.9 Å². The summed E-state index contributed by atoms with van der Waals surface area (Å²) in [6, 6.07) is 13.4. The maximum Gasteiger partial charge on any atom is 0.151 e. The number of nitrogens with zero attached hydrogens (tertiary/aromatic N) is 3. The highest BCUT2D eigenvalue weighted by Gasteiger charge is 2.18. The van der Waals surface area contributed by atoms with Gasteiger partial charge in [-0.2, -0.15) is 0 Å². The van der Waals surface area contributed by atoms with Gasteiger partial charge in [-0.1, -0.05) is 22.8 Å². The molecule has 0 saturated heterocycles. The van der Waals surface area contributed by atoms with E-state index in [2.05, 4.69) is 15.0 Å². The van der Waals surface area contributed by atoms with E-state index in [4.69, 9.17) is 20.9 Å². The van der Waals surface area contributed by atoms with Crippen molar-refractivity contribution >= 4 is 11.6 Å². The summed E-state index contributed by atoms with van der Waals surface area (Å²) < 4.78 is 11.3. The van der Waals surface area contributed by atoms with E-state index < -0.39 is 0 Å². The summed E-state index contributed by atoms with van der Waals surface area (Å²) in [5, 5.41) is 4.84. The second-order valence-corrected chi connectivity index (χ2v) is 6.14. The summed E-state index contributed by atoms with van der Waals surface area (Å²) in [4.78, 5) is 6.55. The fourth-order valence-electron chi connectivity index (χ4n) is 2.79. The van der Waals surface area contributed by atoms with Crippen LogP contribution in [-0.4, -0.2) is 28.2 Å². The number of fused-ring (bicyclic) bond motifs is 1. The Kier molecular flexibility index (Phi) is 4.19. The van der Waals surface area contributed by atoms with E-state index in [1.165, 1.54) is 0 Å². The molecule has 0 aliphatic carbocycles. The second kappa shape index (κ2) is 6.63. The predicted octanol–water partition coefficient (Wildman–Crippen LogP) is 3.78. The van der Waals surface area contributed by atoms with E-state index in [0.717, 1.165) is 46.6 Å². The zero-order valence-electron chi connectivity index (χ0n) is 13.0. The van der Waals surface area contributed by atoms with Gasteiger partial charge >= 0.3 is 0 Å². The van der Waals surface area contributed by atoms with Crippen molar-refractivity contribution in [3.8, 4) is 17.1 Å². The van der Waals surface area contributed by atoms with Gasteiger partial charge in [-0.3, -0.25) is 9.88 Å². The number of aromatic nitrogens is 2. The van der Waals surface area contributed by atoms with E-state index in [-0.39, 0.29) is 0 Å². The maximum absolute atomic E-state index is 6.10. The molecule has 5 nitrogen and oxygen atoms in total. The van der Waals surface area contributed by atoms with Gasteiger partial charge in [0.05, 0.1) is 12.2 Å². The van der Waals surface area contributed by atoms with Crippen LogP contribution in [0.1, 0.15) is 11.3 Å². The van der Waals surface area contributed by atoms with E-state index in [1.54, 1.807) is 6.20 Å². The van der Waals surface area contributed by atoms with Gasteiger partial charge in [-0.25, -0.2) is 0 Å². The van der Waals surface area contributed by atoms with Crippen molar-refractivity contribution < 1.29 is 9.26 Å². The minimum Gasteiger partial charge on any atom is -0.492 e. The van der Waals surface area contributed by atoms with Gasteiger partial charge in [-0.15, -0.1) is 0 Å². The molecule has 4 rings (SSSR count). The van der Waals surface area contributed by atoms with Crippen molar-refractivity contribution in [1.29, 1.82) is 0 Å². The van der Waals surface area contributed by atoms with Crippen LogP contribution in [-0.2, 0) is 13.1 Å². The minimum absolute atomic E-state index is 0.635. The Labute approximate surface area is 144 Å². The molecule has 0 atom stereocenters. The highest BCUT2D eigenvalue weighted by atomic mass is 35.5. The van der Waals surface area contributed by atoms with Gasteiger partial charge in [0.15, 0.2) is 5.76 Å². The molecule has 3 aromatic rings. The Morgan fingerprint density at radius 2 is 2.08 bits per heavy atom. The first-order chi connectivity index (χ1) is 11.8. The molecule has 0 spiro atoms. The van der Waals surface area contributed by atoms with Crippen LogP contribution in [0.4, 0.5) is 0 Å². The molecule has 0 bridgehead atoms.